The van der Waals surface area contributed by atoms with Crippen LogP contribution in [0.15, 0.2) is 18.3 Å². The predicted molar refractivity (Wildman–Crippen MR) is 61.2 cm³/mol. The van der Waals surface area contributed by atoms with E-state index in [4.69, 9.17) is 10.5 Å². The number of anilines is 1. The zero-order valence-corrected chi connectivity index (χ0v) is 9.44. The second-order valence-electron chi connectivity index (χ2n) is 3.55. The van der Waals surface area contributed by atoms with Crippen molar-refractivity contribution in [3.05, 3.63) is 24.1 Å². The number of aromatic hydroxyl groups is 1. The van der Waals surface area contributed by atoms with Gasteiger partial charge in [-0.3, -0.25) is 4.68 Å². The fourth-order valence-electron chi connectivity index (χ4n) is 1.60. The molecular weight excluding hydrogens is 225 g/mol. The SMILES string of the molecule is COc1c(O)ccc(-c2cnn(C)c2N)c1F. The van der Waals surface area contributed by atoms with Gasteiger partial charge in [0.2, 0.25) is 0 Å². The molecule has 0 spiro atoms. The van der Waals surface area contributed by atoms with Crippen molar-refractivity contribution < 1.29 is 14.2 Å². The van der Waals surface area contributed by atoms with Gasteiger partial charge in [-0.1, -0.05) is 0 Å². The minimum absolute atomic E-state index is 0.203. The van der Waals surface area contributed by atoms with E-state index in [1.807, 2.05) is 0 Å². The third kappa shape index (κ3) is 1.67. The largest absolute Gasteiger partial charge is 0.504 e. The first-order chi connectivity index (χ1) is 8.06. The average molecular weight is 237 g/mol. The van der Waals surface area contributed by atoms with Crippen LogP contribution in [-0.4, -0.2) is 22.0 Å². The van der Waals surface area contributed by atoms with Gasteiger partial charge in [-0.25, -0.2) is 4.39 Å². The molecule has 0 amide bonds. The van der Waals surface area contributed by atoms with Crippen LogP contribution in [-0.2, 0) is 7.05 Å². The first-order valence-corrected chi connectivity index (χ1v) is 4.89. The first kappa shape index (κ1) is 11.3. The highest BCUT2D eigenvalue weighted by atomic mass is 19.1. The molecule has 2 rings (SSSR count). The van der Waals surface area contributed by atoms with E-state index in [0.717, 1.165) is 0 Å². The molecule has 0 saturated heterocycles. The number of aromatic nitrogens is 2. The van der Waals surface area contributed by atoms with E-state index in [1.54, 1.807) is 7.05 Å². The van der Waals surface area contributed by atoms with Gasteiger partial charge in [-0.2, -0.15) is 5.10 Å². The van der Waals surface area contributed by atoms with E-state index < -0.39 is 5.82 Å². The standard InChI is InChI=1S/C11H12FN3O2/c1-15-11(13)7(5-14-15)6-3-4-8(16)10(17-2)9(6)12/h3-5,16H,13H2,1-2H3. The highest BCUT2D eigenvalue weighted by molar-refractivity contribution is 5.76. The average Bonchev–Trinajstić information content (AvgIpc) is 2.61. The molecule has 0 fully saturated rings. The zero-order valence-electron chi connectivity index (χ0n) is 9.44. The summed E-state index contributed by atoms with van der Waals surface area (Å²) in [5, 5.41) is 13.4. The number of hydrogen-bond donors (Lipinski definition) is 2. The summed E-state index contributed by atoms with van der Waals surface area (Å²) >= 11 is 0. The summed E-state index contributed by atoms with van der Waals surface area (Å²) in [6, 6.07) is 2.78. The molecule has 5 nitrogen and oxygen atoms in total. The van der Waals surface area contributed by atoms with Crippen LogP contribution in [0.5, 0.6) is 11.5 Å². The molecule has 0 aliphatic heterocycles. The summed E-state index contributed by atoms with van der Waals surface area (Å²) in [6.45, 7) is 0. The van der Waals surface area contributed by atoms with Gasteiger partial charge in [-0.05, 0) is 12.1 Å². The lowest BCUT2D eigenvalue weighted by Crippen LogP contribution is -1.99. The second kappa shape index (κ2) is 3.97. The van der Waals surface area contributed by atoms with E-state index >= 15 is 0 Å². The van der Waals surface area contributed by atoms with Gasteiger partial charge in [0.05, 0.1) is 13.3 Å². The molecule has 90 valence electrons. The van der Waals surface area contributed by atoms with Gasteiger partial charge < -0.3 is 15.6 Å². The van der Waals surface area contributed by atoms with Crippen molar-refractivity contribution in [2.24, 2.45) is 7.05 Å². The lowest BCUT2D eigenvalue weighted by Gasteiger charge is -2.08. The Morgan fingerprint density at radius 2 is 2.12 bits per heavy atom. The summed E-state index contributed by atoms with van der Waals surface area (Å²) in [6.07, 6.45) is 1.46. The number of nitrogen functional groups attached to an aromatic ring is 1. The van der Waals surface area contributed by atoms with E-state index in [-0.39, 0.29) is 17.1 Å². The molecule has 0 aliphatic rings. The Morgan fingerprint density at radius 3 is 2.65 bits per heavy atom. The van der Waals surface area contributed by atoms with Crippen LogP contribution < -0.4 is 10.5 Å². The number of rotatable bonds is 2. The number of phenols is 1. The summed E-state index contributed by atoms with van der Waals surface area (Å²) in [5.74, 6) is -0.772. The van der Waals surface area contributed by atoms with Gasteiger partial charge in [0.25, 0.3) is 0 Å². The number of benzene rings is 1. The molecule has 0 aliphatic carbocycles. The first-order valence-electron chi connectivity index (χ1n) is 4.89. The third-order valence-corrected chi connectivity index (χ3v) is 2.56. The lowest BCUT2D eigenvalue weighted by molar-refractivity contribution is 0.352. The Kier molecular flexibility index (Phi) is 2.63. The Morgan fingerprint density at radius 1 is 1.41 bits per heavy atom. The molecule has 1 aromatic carbocycles. The highest BCUT2D eigenvalue weighted by Gasteiger charge is 2.18. The van der Waals surface area contributed by atoms with Crippen LogP contribution in [0.4, 0.5) is 10.2 Å². The number of nitrogens with two attached hydrogens (primary N) is 1. The van der Waals surface area contributed by atoms with Crippen LogP contribution in [0, 0.1) is 5.82 Å². The van der Waals surface area contributed by atoms with Crippen molar-refractivity contribution in [3.63, 3.8) is 0 Å². The molecule has 0 unspecified atom stereocenters. The number of phenolic OH excluding ortho intramolecular Hbond substituents is 1. The molecule has 3 N–H and O–H groups in total. The minimum atomic E-state index is -0.660. The van der Waals surface area contributed by atoms with Crippen molar-refractivity contribution in [1.29, 1.82) is 0 Å². The molecule has 2 aromatic rings. The number of methoxy groups -OCH3 is 1. The van der Waals surface area contributed by atoms with Gasteiger partial charge in [0.1, 0.15) is 5.82 Å². The Labute approximate surface area is 97.2 Å². The maximum atomic E-state index is 14.0. The Bertz CT molecular complexity index is 566. The van der Waals surface area contributed by atoms with Crippen molar-refractivity contribution in [2.45, 2.75) is 0 Å². The summed E-state index contributed by atoms with van der Waals surface area (Å²) in [7, 11) is 2.95. The van der Waals surface area contributed by atoms with Crippen molar-refractivity contribution in [1.82, 2.24) is 9.78 Å². The van der Waals surface area contributed by atoms with Gasteiger partial charge in [0.15, 0.2) is 17.3 Å². The number of ether oxygens (including phenoxy) is 1. The van der Waals surface area contributed by atoms with Gasteiger partial charge in [0, 0.05) is 18.2 Å². The number of aryl methyl sites for hydroxylation is 1. The number of hydrogen-bond acceptors (Lipinski definition) is 4. The smallest absolute Gasteiger partial charge is 0.197 e. The van der Waals surface area contributed by atoms with Crippen LogP contribution in [0.3, 0.4) is 0 Å². The van der Waals surface area contributed by atoms with Crippen LogP contribution >= 0.6 is 0 Å². The fraction of sp³-hybridized carbons (Fsp3) is 0.182. The van der Waals surface area contributed by atoms with E-state index in [9.17, 15) is 9.50 Å². The van der Waals surface area contributed by atoms with E-state index in [1.165, 1.54) is 30.1 Å². The van der Waals surface area contributed by atoms with Crippen LogP contribution in [0.2, 0.25) is 0 Å². The molecule has 0 atom stereocenters. The normalized spacial score (nSPS) is 10.5. The fourth-order valence-corrected chi connectivity index (χ4v) is 1.60. The van der Waals surface area contributed by atoms with Crippen molar-refractivity contribution >= 4 is 5.82 Å². The van der Waals surface area contributed by atoms with Crippen LogP contribution in [0.1, 0.15) is 0 Å². The quantitative estimate of drug-likeness (QED) is 0.830. The maximum absolute atomic E-state index is 14.0. The Hall–Kier alpha value is -2.24. The van der Waals surface area contributed by atoms with E-state index in [2.05, 4.69) is 5.10 Å². The summed E-state index contributed by atoms with van der Waals surface area (Å²) in [5.41, 5.74) is 6.47. The lowest BCUT2D eigenvalue weighted by atomic mass is 10.1. The third-order valence-electron chi connectivity index (χ3n) is 2.56. The second-order valence-corrected chi connectivity index (χ2v) is 3.55. The van der Waals surface area contributed by atoms with Gasteiger partial charge >= 0.3 is 0 Å². The summed E-state index contributed by atoms with van der Waals surface area (Å²) < 4.78 is 20.3. The van der Waals surface area contributed by atoms with Crippen LogP contribution in [0.25, 0.3) is 11.1 Å². The molecule has 6 heteroatoms. The minimum Gasteiger partial charge on any atom is -0.504 e. The van der Waals surface area contributed by atoms with Crippen molar-refractivity contribution in [3.8, 4) is 22.6 Å². The molecule has 1 heterocycles. The molecule has 1 aromatic heterocycles. The number of halogens is 1. The highest BCUT2D eigenvalue weighted by Crippen LogP contribution is 2.37. The summed E-state index contributed by atoms with van der Waals surface area (Å²) in [4.78, 5) is 0. The molecule has 17 heavy (non-hydrogen) atoms. The predicted octanol–water partition coefficient (Wildman–Crippen LogP) is 1.52. The molecule has 0 saturated carbocycles. The zero-order chi connectivity index (χ0) is 12.6. The van der Waals surface area contributed by atoms with Crippen molar-refractivity contribution in [2.75, 3.05) is 12.8 Å². The molecular formula is C11H12FN3O2. The molecule has 0 bridgehead atoms. The van der Waals surface area contributed by atoms with E-state index in [0.29, 0.717) is 11.4 Å². The topological polar surface area (TPSA) is 73.3 Å². The Balaban J connectivity index is 2.65. The number of nitrogens with zero attached hydrogens (tertiary/aromatic N) is 2. The monoisotopic (exact) mass is 237 g/mol. The maximum Gasteiger partial charge on any atom is 0.197 e. The molecule has 0 radical (unpaired) electrons. The van der Waals surface area contributed by atoms with Gasteiger partial charge in [-0.15, -0.1) is 0 Å².